The summed E-state index contributed by atoms with van der Waals surface area (Å²) in [7, 11) is 1.44. The first-order valence-electron chi connectivity index (χ1n) is 8.99. The van der Waals surface area contributed by atoms with Gasteiger partial charge in [-0.05, 0) is 36.2 Å². The number of amides is 1. The molecule has 0 aliphatic carbocycles. The Morgan fingerprint density at radius 1 is 1.13 bits per heavy atom. The maximum atomic E-state index is 12.7. The number of nitrogens with one attached hydrogen (secondary N) is 1. The van der Waals surface area contributed by atoms with Crippen molar-refractivity contribution in [3.8, 4) is 11.5 Å². The van der Waals surface area contributed by atoms with Gasteiger partial charge in [0.25, 0.3) is 11.6 Å². The van der Waals surface area contributed by atoms with Gasteiger partial charge in [0, 0.05) is 11.6 Å². The molecule has 1 N–H and O–H groups in total. The first kappa shape index (κ1) is 21.1. The van der Waals surface area contributed by atoms with Crippen LogP contribution in [0.25, 0.3) is 0 Å². The summed E-state index contributed by atoms with van der Waals surface area (Å²) in [6.07, 6.45) is 0. The Kier molecular flexibility index (Phi) is 6.54. The zero-order valence-electron chi connectivity index (χ0n) is 16.3. The van der Waals surface area contributed by atoms with Gasteiger partial charge >= 0.3 is 0 Å². The fourth-order valence-corrected chi connectivity index (χ4v) is 3.08. The molecule has 0 saturated carbocycles. The predicted molar refractivity (Wildman–Crippen MR) is 115 cm³/mol. The fourth-order valence-electron chi connectivity index (χ4n) is 2.81. The summed E-state index contributed by atoms with van der Waals surface area (Å²) in [5.74, 6) is 0.0274. The standard InChI is InChI=1S/C22H19ClN2O5/c1-14-8-9-18(19(10-14)25(27)28)24-22(26)16-11-17(23)21(20(12-16)29-2)30-13-15-6-4-3-5-7-15/h3-12H,13H2,1-2H3,(H,24,26). The van der Waals surface area contributed by atoms with E-state index in [2.05, 4.69) is 5.32 Å². The topological polar surface area (TPSA) is 90.7 Å². The Balaban J connectivity index is 1.84. The normalized spacial score (nSPS) is 10.4. The van der Waals surface area contributed by atoms with E-state index in [9.17, 15) is 14.9 Å². The Hall–Kier alpha value is -3.58. The van der Waals surface area contributed by atoms with E-state index in [-0.39, 0.29) is 34.3 Å². The van der Waals surface area contributed by atoms with Gasteiger partial charge in [-0.3, -0.25) is 14.9 Å². The number of carbonyl (C=O) groups excluding carboxylic acids is 1. The molecule has 3 aromatic rings. The van der Waals surface area contributed by atoms with Gasteiger partial charge in [-0.2, -0.15) is 0 Å². The highest BCUT2D eigenvalue weighted by Crippen LogP contribution is 2.37. The van der Waals surface area contributed by atoms with E-state index in [1.54, 1.807) is 13.0 Å². The minimum absolute atomic E-state index is 0.0927. The van der Waals surface area contributed by atoms with E-state index in [4.69, 9.17) is 21.1 Å². The number of nitro benzene ring substituents is 1. The molecule has 0 aliphatic rings. The van der Waals surface area contributed by atoms with Crippen LogP contribution in [0.15, 0.2) is 60.7 Å². The summed E-state index contributed by atoms with van der Waals surface area (Å²) in [6.45, 7) is 2.01. The van der Waals surface area contributed by atoms with E-state index >= 15 is 0 Å². The third kappa shape index (κ3) is 4.87. The highest BCUT2D eigenvalue weighted by molar-refractivity contribution is 6.32. The number of aryl methyl sites for hydroxylation is 1. The Bertz CT molecular complexity index is 1090. The maximum absolute atomic E-state index is 12.7. The van der Waals surface area contributed by atoms with Gasteiger partial charge in [0.1, 0.15) is 12.3 Å². The smallest absolute Gasteiger partial charge is 0.293 e. The van der Waals surface area contributed by atoms with E-state index in [0.29, 0.717) is 11.3 Å². The predicted octanol–water partition coefficient (Wildman–Crippen LogP) is 5.40. The summed E-state index contributed by atoms with van der Waals surface area (Å²) in [4.78, 5) is 23.4. The molecule has 154 valence electrons. The minimum atomic E-state index is -0.559. The van der Waals surface area contributed by atoms with Crippen molar-refractivity contribution in [2.75, 3.05) is 12.4 Å². The van der Waals surface area contributed by atoms with Crippen LogP contribution in [0.3, 0.4) is 0 Å². The van der Waals surface area contributed by atoms with Crippen molar-refractivity contribution in [3.05, 3.63) is 92.5 Å². The van der Waals surface area contributed by atoms with Gasteiger partial charge in [-0.1, -0.05) is 48.0 Å². The molecule has 0 saturated heterocycles. The van der Waals surface area contributed by atoms with Gasteiger partial charge in [0.2, 0.25) is 0 Å². The molecule has 1 amide bonds. The van der Waals surface area contributed by atoms with Gasteiger partial charge in [0.05, 0.1) is 17.1 Å². The van der Waals surface area contributed by atoms with E-state index in [1.807, 2.05) is 30.3 Å². The van der Waals surface area contributed by atoms with Crippen molar-refractivity contribution in [1.29, 1.82) is 0 Å². The molecule has 3 aromatic carbocycles. The van der Waals surface area contributed by atoms with Crippen LogP contribution in [0.1, 0.15) is 21.5 Å². The third-order valence-electron chi connectivity index (χ3n) is 4.32. The van der Waals surface area contributed by atoms with Crippen LogP contribution < -0.4 is 14.8 Å². The van der Waals surface area contributed by atoms with Crippen LogP contribution in [-0.4, -0.2) is 17.9 Å². The Morgan fingerprint density at radius 3 is 2.53 bits per heavy atom. The van der Waals surface area contributed by atoms with Crippen LogP contribution in [0.2, 0.25) is 5.02 Å². The first-order valence-corrected chi connectivity index (χ1v) is 9.37. The molecular formula is C22H19ClN2O5. The number of methoxy groups -OCH3 is 1. The molecule has 0 unspecified atom stereocenters. The van der Waals surface area contributed by atoms with E-state index in [0.717, 1.165) is 5.56 Å². The molecule has 7 nitrogen and oxygen atoms in total. The van der Waals surface area contributed by atoms with Gasteiger partial charge in [-0.15, -0.1) is 0 Å². The Morgan fingerprint density at radius 2 is 1.87 bits per heavy atom. The van der Waals surface area contributed by atoms with Gasteiger partial charge < -0.3 is 14.8 Å². The number of halogens is 1. The molecule has 0 aliphatic heterocycles. The molecule has 30 heavy (non-hydrogen) atoms. The lowest BCUT2D eigenvalue weighted by Gasteiger charge is -2.14. The lowest BCUT2D eigenvalue weighted by molar-refractivity contribution is -0.384. The number of hydrogen-bond donors (Lipinski definition) is 1. The summed E-state index contributed by atoms with van der Waals surface area (Å²) in [5, 5.41) is 14.0. The molecule has 8 heteroatoms. The third-order valence-corrected chi connectivity index (χ3v) is 4.60. The molecule has 0 spiro atoms. The van der Waals surface area contributed by atoms with Gasteiger partial charge in [0.15, 0.2) is 11.5 Å². The van der Waals surface area contributed by atoms with Crippen LogP contribution in [0, 0.1) is 17.0 Å². The van der Waals surface area contributed by atoms with Crippen LogP contribution in [-0.2, 0) is 6.61 Å². The second kappa shape index (κ2) is 9.28. The number of ether oxygens (including phenoxy) is 2. The van der Waals surface area contributed by atoms with E-state index < -0.39 is 10.8 Å². The number of nitrogens with zero attached hydrogens (tertiary/aromatic N) is 1. The number of benzene rings is 3. The number of rotatable bonds is 7. The molecule has 0 radical (unpaired) electrons. The van der Waals surface area contributed by atoms with Crippen molar-refractivity contribution < 1.29 is 19.2 Å². The number of nitro groups is 1. The largest absolute Gasteiger partial charge is 0.493 e. The maximum Gasteiger partial charge on any atom is 0.293 e. The lowest BCUT2D eigenvalue weighted by Crippen LogP contribution is -2.13. The van der Waals surface area contributed by atoms with Crippen molar-refractivity contribution in [1.82, 2.24) is 0 Å². The van der Waals surface area contributed by atoms with Crippen molar-refractivity contribution in [3.63, 3.8) is 0 Å². The summed E-state index contributed by atoms with van der Waals surface area (Å²) in [5.41, 5.74) is 1.74. The highest BCUT2D eigenvalue weighted by atomic mass is 35.5. The quantitative estimate of drug-likeness (QED) is 0.403. The number of carbonyl (C=O) groups is 1. The molecule has 0 aromatic heterocycles. The molecule has 0 bridgehead atoms. The van der Waals surface area contributed by atoms with Crippen molar-refractivity contribution in [2.24, 2.45) is 0 Å². The average Bonchev–Trinajstić information content (AvgIpc) is 2.74. The van der Waals surface area contributed by atoms with Crippen LogP contribution >= 0.6 is 11.6 Å². The second-order valence-corrected chi connectivity index (χ2v) is 6.90. The monoisotopic (exact) mass is 426 g/mol. The zero-order valence-corrected chi connectivity index (χ0v) is 17.1. The SMILES string of the molecule is COc1cc(C(=O)Nc2ccc(C)cc2[N+](=O)[O-])cc(Cl)c1OCc1ccccc1. The summed E-state index contributed by atoms with van der Waals surface area (Å²) in [6, 6.07) is 17.0. The second-order valence-electron chi connectivity index (χ2n) is 6.50. The van der Waals surface area contributed by atoms with Crippen molar-refractivity contribution in [2.45, 2.75) is 13.5 Å². The zero-order chi connectivity index (χ0) is 21.7. The van der Waals surface area contributed by atoms with Crippen LogP contribution in [0.4, 0.5) is 11.4 Å². The molecule has 0 atom stereocenters. The number of anilines is 1. The molecule has 0 fully saturated rings. The van der Waals surface area contributed by atoms with Crippen molar-refractivity contribution >= 4 is 28.9 Å². The fraction of sp³-hybridized carbons (Fsp3) is 0.136. The summed E-state index contributed by atoms with van der Waals surface area (Å²) >= 11 is 6.34. The van der Waals surface area contributed by atoms with Gasteiger partial charge in [-0.25, -0.2) is 0 Å². The highest BCUT2D eigenvalue weighted by Gasteiger charge is 2.20. The Labute approximate surface area is 178 Å². The van der Waals surface area contributed by atoms with E-state index in [1.165, 1.54) is 31.4 Å². The minimum Gasteiger partial charge on any atom is -0.493 e. The average molecular weight is 427 g/mol. The lowest BCUT2D eigenvalue weighted by atomic mass is 10.1. The summed E-state index contributed by atoms with van der Waals surface area (Å²) < 4.78 is 11.1. The molecular weight excluding hydrogens is 408 g/mol. The first-order chi connectivity index (χ1) is 14.4. The molecule has 0 heterocycles. The molecule has 3 rings (SSSR count). The van der Waals surface area contributed by atoms with Crippen LogP contribution in [0.5, 0.6) is 11.5 Å². The number of hydrogen-bond acceptors (Lipinski definition) is 5.